The predicted molar refractivity (Wildman–Crippen MR) is 271 cm³/mol. The maximum absolute atomic E-state index is 2.35. The number of rotatable bonds is 10. The number of allylic oxidation sites excluding steroid dienone is 4. The zero-order chi connectivity index (χ0) is 42.0. The molecule has 1 aromatic heterocycles. The first-order chi connectivity index (χ1) is 31.2. The van der Waals surface area contributed by atoms with Crippen molar-refractivity contribution in [3.8, 4) is 33.4 Å². The highest BCUT2D eigenvalue weighted by Gasteiger charge is 2.16. The summed E-state index contributed by atoms with van der Waals surface area (Å²) < 4.78 is 2.65. The third-order valence-electron chi connectivity index (χ3n) is 12.2. The molecule has 9 aromatic carbocycles. The van der Waals surface area contributed by atoms with Crippen molar-refractivity contribution in [3.05, 3.63) is 248 Å². The van der Waals surface area contributed by atoms with Crippen molar-refractivity contribution in [1.29, 1.82) is 0 Å². The van der Waals surface area contributed by atoms with Gasteiger partial charge in [-0.1, -0.05) is 152 Å². The topological polar surface area (TPSA) is 6.48 Å². The van der Waals surface area contributed by atoms with Crippen LogP contribution in [-0.4, -0.2) is 0 Å². The van der Waals surface area contributed by atoms with Gasteiger partial charge in [0.15, 0.2) is 0 Å². The number of para-hydroxylation sites is 1. The molecule has 1 aliphatic carbocycles. The minimum Gasteiger partial charge on any atom is -0.311 e. The Morgan fingerprint density at radius 3 is 1.22 bits per heavy atom. The van der Waals surface area contributed by atoms with Gasteiger partial charge >= 0.3 is 0 Å². The number of hydrogen-bond donors (Lipinski definition) is 0. The van der Waals surface area contributed by atoms with E-state index in [1.807, 2.05) is 11.3 Å². The molecule has 11 rings (SSSR count). The summed E-state index contributed by atoms with van der Waals surface area (Å²) in [6.45, 7) is 0. The lowest BCUT2D eigenvalue weighted by Gasteiger charge is -2.27. The van der Waals surface area contributed by atoms with E-state index in [2.05, 4.69) is 252 Å². The molecule has 1 aliphatic rings. The number of nitrogens with zero attached hydrogens (tertiary/aromatic N) is 2. The minimum absolute atomic E-state index is 1.08. The van der Waals surface area contributed by atoms with Crippen LogP contribution in [0.3, 0.4) is 0 Å². The van der Waals surface area contributed by atoms with Gasteiger partial charge in [0.2, 0.25) is 0 Å². The molecule has 0 radical (unpaired) electrons. The van der Waals surface area contributed by atoms with E-state index in [0.29, 0.717) is 0 Å². The average Bonchev–Trinajstić information content (AvgIpc) is 3.74. The lowest BCUT2D eigenvalue weighted by Crippen LogP contribution is -2.10. The van der Waals surface area contributed by atoms with Gasteiger partial charge in [-0.3, -0.25) is 0 Å². The summed E-state index contributed by atoms with van der Waals surface area (Å²) in [6.07, 6.45) is 8.83. The van der Waals surface area contributed by atoms with E-state index in [1.165, 1.54) is 64.7 Å². The van der Waals surface area contributed by atoms with E-state index in [-0.39, 0.29) is 0 Å². The van der Waals surface area contributed by atoms with Crippen molar-refractivity contribution < 1.29 is 0 Å². The highest BCUT2D eigenvalue weighted by molar-refractivity contribution is 7.25. The molecule has 0 amide bonds. The molecule has 0 N–H and O–H groups in total. The third kappa shape index (κ3) is 7.76. The van der Waals surface area contributed by atoms with E-state index in [9.17, 15) is 0 Å². The van der Waals surface area contributed by atoms with Crippen LogP contribution in [0.15, 0.2) is 243 Å². The van der Waals surface area contributed by atoms with Crippen molar-refractivity contribution in [2.45, 2.75) is 12.8 Å². The molecule has 2 nitrogen and oxygen atoms in total. The fourth-order valence-corrected chi connectivity index (χ4v) is 9.97. The van der Waals surface area contributed by atoms with Gasteiger partial charge in [-0.15, -0.1) is 11.3 Å². The lowest BCUT2D eigenvalue weighted by molar-refractivity contribution is 1.05. The van der Waals surface area contributed by atoms with Gasteiger partial charge < -0.3 is 9.80 Å². The molecule has 10 aromatic rings. The summed E-state index contributed by atoms with van der Waals surface area (Å²) in [5.74, 6) is 0. The number of anilines is 6. The second-order valence-electron chi connectivity index (χ2n) is 16.1. The van der Waals surface area contributed by atoms with Gasteiger partial charge in [-0.25, -0.2) is 0 Å². The molecule has 0 spiro atoms. The Bertz CT molecular complexity index is 3220. The first-order valence-corrected chi connectivity index (χ1v) is 22.5. The quantitative estimate of drug-likeness (QED) is 0.136. The van der Waals surface area contributed by atoms with Crippen LogP contribution in [0.1, 0.15) is 18.4 Å². The molecular weight excluding hydrogens is 781 g/mol. The molecule has 0 bridgehead atoms. The van der Waals surface area contributed by atoms with Crippen molar-refractivity contribution in [1.82, 2.24) is 0 Å². The maximum atomic E-state index is 2.35. The molecule has 300 valence electrons. The molecule has 1 heterocycles. The van der Waals surface area contributed by atoms with Crippen molar-refractivity contribution >= 4 is 71.2 Å². The Kier molecular flexibility index (Phi) is 10.3. The van der Waals surface area contributed by atoms with Crippen molar-refractivity contribution in [3.63, 3.8) is 0 Å². The molecule has 0 saturated carbocycles. The zero-order valence-electron chi connectivity index (χ0n) is 34.8. The van der Waals surface area contributed by atoms with Crippen LogP contribution in [0.4, 0.5) is 34.1 Å². The van der Waals surface area contributed by atoms with Crippen molar-refractivity contribution in [2.75, 3.05) is 9.80 Å². The highest BCUT2D eigenvalue weighted by atomic mass is 32.1. The Balaban J connectivity index is 0.881. The molecule has 0 fully saturated rings. The van der Waals surface area contributed by atoms with Crippen molar-refractivity contribution in [2.24, 2.45) is 0 Å². The number of thiophene rings is 1. The predicted octanol–water partition coefficient (Wildman–Crippen LogP) is 17.7. The molecule has 0 unspecified atom stereocenters. The van der Waals surface area contributed by atoms with E-state index in [4.69, 9.17) is 0 Å². The van der Waals surface area contributed by atoms with Crippen LogP contribution in [-0.2, 0) is 0 Å². The molecule has 63 heavy (non-hydrogen) atoms. The molecule has 0 saturated heterocycles. The van der Waals surface area contributed by atoms with Gasteiger partial charge in [0.05, 0.1) is 0 Å². The Morgan fingerprint density at radius 1 is 0.317 bits per heavy atom. The van der Waals surface area contributed by atoms with Crippen LogP contribution in [0, 0.1) is 0 Å². The van der Waals surface area contributed by atoms with Gasteiger partial charge in [0, 0.05) is 54.3 Å². The number of benzene rings is 9. The van der Waals surface area contributed by atoms with Gasteiger partial charge in [0.1, 0.15) is 0 Å². The summed E-state index contributed by atoms with van der Waals surface area (Å²) >= 11 is 1.86. The van der Waals surface area contributed by atoms with E-state index in [1.54, 1.807) is 0 Å². The summed E-state index contributed by atoms with van der Waals surface area (Å²) in [7, 11) is 0. The largest absolute Gasteiger partial charge is 0.311 e. The Morgan fingerprint density at radius 2 is 0.714 bits per heavy atom. The second kappa shape index (κ2) is 17.0. The SMILES string of the molecule is C1=CCCC(c2ccc(N(c3ccc(-c4ccccc4)cc3)c3ccc(-c4ccc(N(c5ccccc5)c5ccc(-c6ccc7sc8ccccc8c7c6)cc5)cc4)cc3)cc2)=C1. The summed E-state index contributed by atoms with van der Waals surface area (Å²) in [4.78, 5) is 4.69. The smallest absolute Gasteiger partial charge is 0.0462 e. The Hall–Kier alpha value is -7.72. The summed E-state index contributed by atoms with van der Waals surface area (Å²) in [5, 5.41) is 2.64. The average molecular weight is 825 g/mol. The minimum atomic E-state index is 1.08. The molecule has 3 heteroatoms. The standard InChI is InChI=1S/C60H44N2S/c1-4-12-43(13-5-1)45-20-31-54(32-21-45)62(55-33-22-46(23-34-55)44-14-6-2-7-15-44)56-37-26-48(27-38-56)47-24-35-52(36-25-47)61(51-16-8-3-9-17-51)53-39-28-49(29-40-53)50-30-41-60-58(42-50)57-18-10-11-19-59(57)63-60/h1-6,8-14,16-42H,7,15H2. The van der Waals surface area contributed by atoms with E-state index >= 15 is 0 Å². The summed E-state index contributed by atoms with van der Waals surface area (Å²) in [5.41, 5.74) is 16.5. The fraction of sp³-hybridized carbons (Fsp3) is 0.0333. The van der Waals surface area contributed by atoms with Crippen LogP contribution in [0.5, 0.6) is 0 Å². The normalized spacial score (nSPS) is 12.3. The molecular formula is C60H44N2S. The first kappa shape index (κ1) is 38.2. The zero-order valence-corrected chi connectivity index (χ0v) is 35.6. The third-order valence-corrected chi connectivity index (χ3v) is 13.3. The van der Waals surface area contributed by atoms with Crippen LogP contribution in [0.25, 0.3) is 59.1 Å². The second-order valence-corrected chi connectivity index (χ2v) is 17.2. The van der Waals surface area contributed by atoms with Gasteiger partial charge in [-0.2, -0.15) is 0 Å². The number of hydrogen-bond acceptors (Lipinski definition) is 3. The van der Waals surface area contributed by atoms with E-state index < -0.39 is 0 Å². The van der Waals surface area contributed by atoms with Crippen LogP contribution >= 0.6 is 11.3 Å². The molecule has 0 aliphatic heterocycles. The molecule has 0 atom stereocenters. The summed E-state index contributed by atoms with van der Waals surface area (Å²) in [6, 6.07) is 81.6. The number of fused-ring (bicyclic) bond motifs is 3. The fourth-order valence-electron chi connectivity index (χ4n) is 8.89. The maximum Gasteiger partial charge on any atom is 0.0462 e. The van der Waals surface area contributed by atoms with E-state index in [0.717, 1.165) is 47.0 Å². The van der Waals surface area contributed by atoms with Crippen LogP contribution in [0.2, 0.25) is 0 Å². The lowest BCUT2D eigenvalue weighted by atomic mass is 9.97. The highest BCUT2D eigenvalue weighted by Crippen LogP contribution is 2.41. The van der Waals surface area contributed by atoms with Crippen LogP contribution < -0.4 is 9.80 Å². The first-order valence-electron chi connectivity index (χ1n) is 21.7. The van der Waals surface area contributed by atoms with Gasteiger partial charge in [-0.05, 0) is 148 Å². The van der Waals surface area contributed by atoms with Gasteiger partial charge in [0.25, 0.3) is 0 Å². The monoisotopic (exact) mass is 824 g/mol. The Labute approximate surface area is 373 Å².